The normalized spacial score (nSPS) is 11.0. The maximum absolute atomic E-state index is 12.8. The Balaban J connectivity index is 1.89. The first-order valence-electron chi connectivity index (χ1n) is 7.91. The number of ether oxygens (including phenoxy) is 2. The highest BCUT2D eigenvalue weighted by Gasteiger charge is 2.16. The van der Waals surface area contributed by atoms with Crippen molar-refractivity contribution in [1.29, 1.82) is 0 Å². The van der Waals surface area contributed by atoms with Crippen LogP contribution in [0.3, 0.4) is 0 Å². The summed E-state index contributed by atoms with van der Waals surface area (Å²) in [6.45, 7) is 1.90. The van der Waals surface area contributed by atoms with Crippen molar-refractivity contribution in [3.8, 4) is 11.1 Å². The fourth-order valence-electron chi connectivity index (χ4n) is 2.42. The van der Waals surface area contributed by atoms with E-state index in [9.17, 15) is 9.59 Å². The van der Waals surface area contributed by atoms with Gasteiger partial charge in [-0.25, -0.2) is 4.98 Å². The van der Waals surface area contributed by atoms with E-state index in [1.54, 1.807) is 10.8 Å². The number of benzene rings is 1. The van der Waals surface area contributed by atoms with E-state index in [0.29, 0.717) is 16.5 Å². The van der Waals surface area contributed by atoms with E-state index in [1.807, 2.05) is 36.6 Å². The molecule has 0 saturated carbocycles. The molecule has 0 fully saturated rings. The number of carbonyl (C=O) groups excluding carboxylic acids is 1. The lowest BCUT2D eigenvalue weighted by Crippen LogP contribution is -2.18. The van der Waals surface area contributed by atoms with Crippen molar-refractivity contribution in [3.63, 3.8) is 0 Å². The minimum Gasteiger partial charge on any atom is -0.463 e. The Morgan fingerprint density at radius 2 is 2.00 bits per heavy atom. The van der Waals surface area contributed by atoms with E-state index in [0.717, 1.165) is 5.56 Å². The van der Waals surface area contributed by atoms with Crippen LogP contribution in [0.25, 0.3) is 16.9 Å². The molecule has 0 amide bonds. The van der Waals surface area contributed by atoms with Crippen LogP contribution in [0.4, 0.5) is 0 Å². The lowest BCUT2D eigenvalue weighted by Gasteiger charge is -2.07. The zero-order valence-corrected chi connectivity index (χ0v) is 15.2. The summed E-state index contributed by atoms with van der Waals surface area (Å²) in [6, 6.07) is 9.34. The average Bonchev–Trinajstić information content (AvgIpc) is 3.01. The molecule has 8 nitrogen and oxygen atoms in total. The fraction of sp³-hybridized carbons (Fsp3) is 0.294. The predicted octanol–water partition coefficient (Wildman–Crippen LogP) is 1.82. The molecule has 136 valence electrons. The maximum Gasteiger partial charge on any atom is 0.302 e. The summed E-state index contributed by atoms with van der Waals surface area (Å²) >= 11 is 1.39. The standard InChI is InChI=1S/C17H18N4O4S/c1-12(22)25-9-8-24-11-20-16-18-10-14(13-6-4-3-5-7-13)15(23)21(16)19-17(20)26-2/h3-7,10H,8-9,11H2,1-2H3. The number of carbonyl (C=O) groups is 1. The number of hydrogen-bond acceptors (Lipinski definition) is 7. The van der Waals surface area contributed by atoms with Crippen molar-refractivity contribution in [2.75, 3.05) is 19.5 Å². The van der Waals surface area contributed by atoms with Gasteiger partial charge in [0.1, 0.15) is 13.3 Å². The Bertz CT molecular complexity index is 968. The Morgan fingerprint density at radius 1 is 1.23 bits per heavy atom. The second kappa shape index (κ2) is 8.15. The minimum atomic E-state index is -0.354. The number of fused-ring (bicyclic) bond motifs is 1. The first-order valence-corrected chi connectivity index (χ1v) is 9.13. The first kappa shape index (κ1) is 18.2. The number of hydrogen-bond donors (Lipinski definition) is 0. The van der Waals surface area contributed by atoms with Gasteiger partial charge in [0.05, 0.1) is 12.2 Å². The van der Waals surface area contributed by atoms with Crippen LogP contribution in [0.15, 0.2) is 46.5 Å². The molecule has 0 aliphatic heterocycles. The number of aromatic nitrogens is 4. The van der Waals surface area contributed by atoms with Gasteiger partial charge >= 0.3 is 5.97 Å². The highest BCUT2D eigenvalue weighted by molar-refractivity contribution is 7.98. The third kappa shape index (κ3) is 3.78. The molecular weight excluding hydrogens is 356 g/mol. The summed E-state index contributed by atoms with van der Waals surface area (Å²) in [5.74, 6) is 0.0414. The summed E-state index contributed by atoms with van der Waals surface area (Å²) in [5.41, 5.74) is 1.03. The number of nitrogens with zero attached hydrogens (tertiary/aromatic N) is 4. The molecule has 0 spiro atoms. The molecule has 26 heavy (non-hydrogen) atoms. The van der Waals surface area contributed by atoms with Gasteiger partial charge in [-0.2, -0.15) is 4.52 Å². The van der Waals surface area contributed by atoms with Crippen LogP contribution in [0.1, 0.15) is 6.92 Å². The largest absolute Gasteiger partial charge is 0.463 e. The van der Waals surface area contributed by atoms with Gasteiger partial charge in [0.2, 0.25) is 5.78 Å². The third-order valence-corrected chi connectivity index (χ3v) is 4.27. The molecule has 0 atom stereocenters. The molecule has 3 aromatic rings. The van der Waals surface area contributed by atoms with Gasteiger partial charge in [0.25, 0.3) is 5.56 Å². The Labute approximate surface area is 153 Å². The molecule has 9 heteroatoms. The second-order valence-electron chi connectivity index (χ2n) is 5.35. The van der Waals surface area contributed by atoms with E-state index < -0.39 is 0 Å². The average molecular weight is 374 g/mol. The topological polar surface area (TPSA) is 87.7 Å². The van der Waals surface area contributed by atoms with E-state index >= 15 is 0 Å². The Hall–Kier alpha value is -2.65. The van der Waals surface area contributed by atoms with Gasteiger partial charge in [-0.1, -0.05) is 42.1 Å². The van der Waals surface area contributed by atoms with Crippen LogP contribution in [0.2, 0.25) is 0 Å². The third-order valence-electron chi connectivity index (χ3n) is 3.60. The van der Waals surface area contributed by atoms with Gasteiger partial charge < -0.3 is 9.47 Å². The molecule has 0 bridgehead atoms. The monoisotopic (exact) mass is 374 g/mol. The molecule has 1 aromatic carbocycles. The van der Waals surface area contributed by atoms with E-state index in [4.69, 9.17) is 9.47 Å². The number of thioether (sulfide) groups is 1. The highest BCUT2D eigenvalue weighted by Crippen LogP contribution is 2.18. The summed E-state index contributed by atoms with van der Waals surface area (Å²) in [6.07, 6.45) is 3.41. The summed E-state index contributed by atoms with van der Waals surface area (Å²) in [4.78, 5) is 28.0. The van der Waals surface area contributed by atoms with Crippen LogP contribution in [0.5, 0.6) is 0 Å². The minimum absolute atomic E-state index is 0.151. The van der Waals surface area contributed by atoms with Gasteiger partial charge in [0.15, 0.2) is 5.16 Å². The summed E-state index contributed by atoms with van der Waals surface area (Å²) < 4.78 is 13.3. The van der Waals surface area contributed by atoms with Crippen LogP contribution in [0, 0.1) is 0 Å². The Morgan fingerprint density at radius 3 is 2.69 bits per heavy atom. The quantitative estimate of drug-likeness (QED) is 0.354. The first-order chi connectivity index (χ1) is 12.6. The lowest BCUT2D eigenvalue weighted by molar-refractivity contribution is -0.142. The van der Waals surface area contributed by atoms with Crippen molar-refractivity contribution >= 4 is 23.5 Å². The zero-order chi connectivity index (χ0) is 18.5. The summed E-state index contributed by atoms with van der Waals surface area (Å²) in [5, 5.41) is 4.95. The van der Waals surface area contributed by atoms with Gasteiger partial charge in [-0.3, -0.25) is 14.2 Å². The molecule has 0 N–H and O–H groups in total. The molecule has 0 aliphatic carbocycles. The van der Waals surface area contributed by atoms with E-state index in [2.05, 4.69) is 10.1 Å². The van der Waals surface area contributed by atoms with Gasteiger partial charge in [-0.15, -0.1) is 5.10 Å². The molecule has 2 aromatic heterocycles. The SMILES string of the molecule is CSc1nn2c(=O)c(-c3ccccc3)cnc2n1COCCOC(C)=O. The fourth-order valence-corrected chi connectivity index (χ4v) is 2.93. The molecule has 3 rings (SSSR count). The predicted molar refractivity (Wildman–Crippen MR) is 97.0 cm³/mol. The van der Waals surface area contributed by atoms with Crippen molar-refractivity contribution in [2.24, 2.45) is 0 Å². The van der Waals surface area contributed by atoms with E-state index in [-0.39, 0.29) is 31.5 Å². The molecule has 0 saturated heterocycles. The molecule has 0 aliphatic rings. The van der Waals surface area contributed by atoms with Crippen molar-refractivity contribution in [1.82, 2.24) is 19.2 Å². The Kier molecular flexibility index (Phi) is 5.69. The van der Waals surface area contributed by atoms with Gasteiger partial charge in [0, 0.05) is 13.1 Å². The van der Waals surface area contributed by atoms with Gasteiger partial charge in [-0.05, 0) is 11.8 Å². The second-order valence-corrected chi connectivity index (χ2v) is 6.12. The summed E-state index contributed by atoms with van der Waals surface area (Å²) in [7, 11) is 0. The number of rotatable bonds is 7. The van der Waals surface area contributed by atoms with E-state index in [1.165, 1.54) is 23.2 Å². The van der Waals surface area contributed by atoms with Crippen molar-refractivity contribution in [2.45, 2.75) is 18.8 Å². The van der Waals surface area contributed by atoms with Crippen LogP contribution in [-0.4, -0.2) is 44.6 Å². The molecule has 2 heterocycles. The zero-order valence-electron chi connectivity index (χ0n) is 14.4. The smallest absolute Gasteiger partial charge is 0.302 e. The molecule has 0 unspecified atom stereocenters. The van der Waals surface area contributed by atoms with Crippen molar-refractivity contribution < 1.29 is 14.3 Å². The van der Waals surface area contributed by atoms with Crippen LogP contribution in [-0.2, 0) is 21.0 Å². The number of esters is 1. The lowest BCUT2D eigenvalue weighted by atomic mass is 10.1. The van der Waals surface area contributed by atoms with Crippen molar-refractivity contribution in [3.05, 3.63) is 46.9 Å². The maximum atomic E-state index is 12.8. The highest BCUT2D eigenvalue weighted by atomic mass is 32.2. The van der Waals surface area contributed by atoms with Crippen LogP contribution >= 0.6 is 11.8 Å². The molecular formula is C17H18N4O4S. The van der Waals surface area contributed by atoms with Crippen LogP contribution < -0.4 is 5.56 Å². The molecule has 0 radical (unpaired) electrons.